The van der Waals surface area contributed by atoms with E-state index in [0.29, 0.717) is 24.6 Å². The van der Waals surface area contributed by atoms with Crippen LogP contribution < -0.4 is 10.1 Å². The molecule has 0 fully saturated rings. The number of hydrogen-bond donors (Lipinski definition) is 1. The number of nitrogens with zero attached hydrogens (tertiary/aromatic N) is 3. The van der Waals surface area contributed by atoms with Crippen LogP contribution in [0.5, 0.6) is 5.75 Å². The molecule has 5 rings (SSSR count). The zero-order valence-electron chi connectivity index (χ0n) is 15.7. The largest absolute Gasteiger partial charge is 0.497 e. The van der Waals surface area contributed by atoms with Gasteiger partial charge in [0.05, 0.1) is 13.4 Å². The summed E-state index contributed by atoms with van der Waals surface area (Å²) in [5.41, 5.74) is 2.59. The molecule has 0 bridgehead atoms. The Morgan fingerprint density at radius 3 is 2.93 bits per heavy atom. The molecule has 1 aliphatic heterocycles. The maximum Gasteiger partial charge on any atom is 0.226 e. The minimum Gasteiger partial charge on any atom is -0.497 e. The van der Waals surface area contributed by atoms with Gasteiger partial charge in [0.1, 0.15) is 23.4 Å². The average Bonchev–Trinajstić information content (AvgIpc) is 3.35. The van der Waals surface area contributed by atoms with Gasteiger partial charge in [-0.05, 0) is 43.2 Å². The smallest absolute Gasteiger partial charge is 0.226 e. The lowest BCUT2D eigenvalue weighted by molar-refractivity contribution is -0.117. The molecule has 1 aliphatic carbocycles. The van der Waals surface area contributed by atoms with E-state index in [2.05, 4.69) is 15.4 Å². The van der Waals surface area contributed by atoms with Crippen LogP contribution in [0.4, 0.5) is 5.95 Å². The Balaban J connectivity index is 1.64. The van der Waals surface area contributed by atoms with Crippen molar-refractivity contribution in [3.63, 3.8) is 0 Å². The number of methoxy groups -OCH3 is 1. The summed E-state index contributed by atoms with van der Waals surface area (Å²) in [6.07, 6.45) is 2.76. The highest BCUT2D eigenvalue weighted by molar-refractivity contribution is 6.00. The molecule has 3 heterocycles. The molecule has 0 amide bonds. The number of ketones is 1. The number of fused-ring (bicyclic) bond motifs is 1. The minimum absolute atomic E-state index is 0.0234. The van der Waals surface area contributed by atoms with Crippen LogP contribution in [0.1, 0.15) is 41.9 Å². The maximum absolute atomic E-state index is 13.3. The van der Waals surface area contributed by atoms with Crippen LogP contribution in [0.15, 0.2) is 58.3 Å². The molecule has 0 spiro atoms. The molecule has 0 radical (unpaired) electrons. The van der Waals surface area contributed by atoms with Crippen LogP contribution in [-0.4, -0.2) is 27.7 Å². The average molecular weight is 376 g/mol. The lowest BCUT2D eigenvalue weighted by Crippen LogP contribution is -2.33. The summed E-state index contributed by atoms with van der Waals surface area (Å²) < 4.78 is 12.8. The molecule has 2 aromatic heterocycles. The zero-order valence-corrected chi connectivity index (χ0v) is 15.7. The molecule has 2 atom stereocenters. The first kappa shape index (κ1) is 16.8. The Morgan fingerprint density at radius 1 is 1.25 bits per heavy atom. The highest BCUT2D eigenvalue weighted by Crippen LogP contribution is 2.44. The van der Waals surface area contributed by atoms with E-state index in [-0.39, 0.29) is 17.7 Å². The lowest BCUT2D eigenvalue weighted by Gasteiger charge is -2.34. The Kier molecular flexibility index (Phi) is 3.82. The summed E-state index contributed by atoms with van der Waals surface area (Å²) in [5, 5.41) is 7.90. The van der Waals surface area contributed by atoms with Crippen molar-refractivity contribution in [1.29, 1.82) is 0 Å². The van der Waals surface area contributed by atoms with Gasteiger partial charge < -0.3 is 14.5 Å². The Labute approximate surface area is 162 Å². The Hall–Kier alpha value is -3.35. The number of carbonyl (C=O) groups excluding carboxylic acids is 1. The number of carbonyl (C=O) groups is 1. The van der Waals surface area contributed by atoms with E-state index in [1.54, 1.807) is 18.1 Å². The fourth-order valence-electron chi connectivity index (χ4n) is 4.16. The van der Waals surface area contributed by atoms with E-state index in [1.165, 1.54) is 0 Å². The fraction of sp³-hybridized carbons (Fsp3) is 0.286. The van der Waals surface area contributed by atoms with E-state index in [4.69, 9.17) is 9.15 Å². The second-order valence-electron chi connectivity index (χ2n) is 7.17. The highest BCUT2D eigenvalue weighted by Gasteiger charge is 2.40. The molecule has 0 saturated heterocycles. The van der Waals surface area contributed by atoms with Gasteiger partial charge in [-0.25, -0.2) is 4.68 Å². The van der Waals surface area contributed by atoms with Crippen molar-refractivity contribution < 1.29 is 13.9 Å². The van der Waals surface area contributed by atoms with E-state index in [1.807, 2.05) is 43.3 Å². The topological polar surface area (TPSA) is 82.2 Å². The van der Waals surface area contributed by atoms with E-state index in [9.17, 15) is 4.79 Å². The quantitative estimate of drug-likeness (QED) is 0.752. The number of nitrogens with one attached hydrogen (secondary N) is 1. The van der Waals surface area contributed by atoms with Gasteiger partial charge in [0.15, 0.2) is 5.78 Å². The van der Waals surface area contributed by atoms with Crippen LogP contribution in [0.3, 0.4) is 0 Å². The monoisotopic (exact) mass is 376 g/mol. The number of aryl methyl sites for hydroxylation is 1. The number of allylic oxidation sites excluding steroid dienone is 2. The maximum atomic E-state index is 13.3. The van der Waals surface area contributed by atoms with Crippen molar-refractivity contribution in [3.8, 4) is 5.75 Å². The Morgan fingerprint density at radius 2 is 2.14 bits per heavy atom. The number of furan rings is 1. The van der Waals surface area contributed by atoms with Crippen LogP contribution in [0.25, 0.3) is 0 Å². The first-order valence-corrected chi connectivity index (χ1v) is 9.28. The summed E-state index contributed by atoms with van der Waals surface area (Å²) in [7, 11) is 1.64. The fourth-order valence-corrected chi connectivity index (χ4v) is 4.16. The second kappa shape index (κ2) is 6.37. The van der Waals surface area contributed by atoms with Gasteiger partial charge in [-0.1, -0.05) is 12.1 Å². The van der Waals surface area contributed by atoms with Crippen molar-refractivity contribution in [1.82, 2.24) is 14.8 Å². The molecule has 7 heteroatoms. The zero-order chi connectivity index (χ0) is 19.3. The molecule has 0 unspecified atom stereocenters. The third-order valence-corrected chi connectivity index (χ3v) is 5.38. The SMILES string of the molecule is COc1cccc([C@H]2C3=C(C[C@H](c4ccco4)CC3=O)Nc3nc(C)nn32)c1. The summed E-state index contributed by atoms with van der Waals surface area (Å²) in [5.74, 6) is 3.01. The van der Waals surface area contributed by atoms with Crippen molar-refractivity contribution in [2.45, 2.75) is 31.7 Å². The van der Waals surface area contributed by atoms with Crippen molar-refractivity contribution in [2.24, 2.45) is 0 Å². The summed E-state index contributed by atoms with van der Waals surface area (Å²) in [4.78, 5) is 17.8. The minimum atomic E-state index is -0.326. The molecule has 3 aromatic rings. The van der Waals surface area contributed by atoms with Gasteiger partial charge in [0, 0.05) is 23.6 Å². The highest BCUT2D eigenvalue weighted by atomic mass is 16.5. The molecule has 2 aliphatic rings. The predicted molar refractivity (Wildman–Crippen MR) is 102 cm³/mol. The normalized spacial score (nSPS) is 21.1. The first-order valence-electron chi connectivity index (χ1n) is 9.28. The van der Waals surface area contributed by atoms with Gasteiger partial charge in [-0.2, -0.15) is 10.1 Å². The number of Topliss-reactive ketones (excluding diaryl/α,β-unsaturated/α-hetero) is 1. The van der Waals surface area contributed by atoms with E-state index < -0.39 is 0 Å². The van der Waals surface area contributed by atoms with Crippen molar-refractivity contribution in [3.05, 3.63) is 71.1 Å². The van der Waals surface area contributed by atoms with Crippen LogP contribution >= 0.6 is 0 Å². The van der Waals surface area contributed by atoms with Crippen LogP contribution in [0.2, 0.25) is 0 Å². The standard InChI is InChI=1S/C21H20N4O3/c1-12-22-21-23-16-10-14(18-7-4-8-28-18)11-17(26)19(16)20(25(21)24-12)13-5-3-6-15(9-13)27-2/h3-9,14,20H,10-11H2,1-2H3,(H,22,23,24)/t14-,20-/m0/s1. The lowest BCUT2D eigenvalue weighted by atomic mass is 9.79. The van der Waals surface area contributed by atoms with Crippen molar-refractivity contribution >= 4 is 11.7 Å². The Bertz CT molecular complexity index is 1080. The third-order valence-electron chi connectivity index (χ3n) is 5.38. The second-order valence-corrected chi connectivity index (χ2v) is 7.17. The molecule has 142 valence electrons. The summed E-state index contributed by atoms with van der Waals surface area (Å²) >= 11 is 0. The number of hydrogen-bond acceptors (Lipinski definition) is 6. The first-order chi connectivity index (χ1) is 13.6. The molecule has 7 nitrogen and oxygen atoms in total. The molecular formula is C21H20N4O3. The number of aromatic nitrogens is 3. The molecular weight excluding hydrogens is 356 g/mol. The van der Waals surface area contributed by atoms with Gasteiger partial charge in [-0.15, -0.1) is 0 Å². The van der Waals surface area contributed by atoms with Crippen molar-refractivity contribution in [2.75, 3.05) is 12.4 Å². The molecule has 28 heavy (non-hydrogen) atoms. The van der Waals surface area contributed by atoms with E-state index in [0.717, 1.165) is 28.3 Å². The van der Waals surface area contributed by atoms with Crippen LogP contribution in [-0.2, 0) is 4.79 Å². The summed E-state index contributed by atoms with van der Waals surface area (Å²) in [6, 6.07) is 11.2. The third kappa shape index (κ3) is 2.62. The van der Waals surface area contributed by atoms with Gasteiger partial charge >= 0.3 is 0 Å². The predicted octanol–water partition coefficient (Wildman–Crippen LogP) is 3.60. The number of ether oxygens (including phenoxy) is 1. The number of benzene rings is 1. The van der Waals surface area contributed by atoms with Gasteiger partial charge in [0.2, 0.25) is 5.95 Å². The molecule has 0 saturated carbocycles. The van der Waals surface area contributed by atoms with Crippen LogP contribution in [0, 0.1) is 6.92 Å². The van der Waals surface area contributed by atoms with Gasteiger partial charge in [0.25, 0.3) is 0 Å². The molecule has 1 N–H and O–H groups in total. The van der Waals surface area contributed by atoms with Gasteiger partial charge in [-0.3, -0.25) is 4.79 Å². The molecule has 1 aromatic carbocycles. The van der Waals surface area contributed by atoms with E-state index >= 15 is 0 Å². The number of rotatable bonds is 3. The number of anilines is 1. The summed E-state index contributed by atoms with van der Waals surface area (Å²) in [6.45, 7) is 1.85.